The number of aromatic nitrogens is 2. The number of piperazine rings is 1. The van der Waals surface area contributed by atoms with Gasteiger partial charge in [0.15, 0.2) is 0 Å². The SMILES string of the molecule is Cc1cc(C(=O)N2CCN(Cc3cn4ccccc4n3)CC2)c(C)o1. The van der Waals surface area contributed by atoms with Crippen LogP contribution in [-0.4, -0.2) is 51.3 Å². The van der Waals surface area contributed by atoms with E-state index in [1.807, 2.05) is 53.6 Å². The fourth-order valence-electron chi connectivity index (χ4n) is 3.42. The lowest BCUT2D eigenvalue weighted by atomic mass is 10.2. The molecule has 1 fully saturated rings. The highest BCUT2D eigenvalue weighted by atomic mass is 16.3. The van der Waals surface area contributed by atoms with Crippen molar-refractivity contribution in [3.8, 4) is 0 Å². The number of imidazole rings is 1. The van der Waals surface area contributed by atoms with Crippen LogP contribution >= 0.6 is 0 Å². The van der Waals surface area contributed by atoms with Crippen LogP contribution in [0.4, 0.5) is 0 Å². The Morgan fingerprint density at radius 2 is 2.00 bits per heavy atom. The van der Waals surface area contributed by atoms with Crippen molar-refractivity contribution in [2.45, 2.75) is 20.4 Å². The predicted octanol–water partition coefficient (Wildman–Crippen LogP) is 2.50. The number of hydrogen-bond donors (Lipinski definition) is 0. The smallest absolute Gasteiger partial charge is 0.257 e. The van der Waals surface area contributed by atoms with E-state index < -0.39 is 0 Å². The van der Waals surface area contributed by atoms with Crippen molar-refractivity contribution in [3.05, 3.63) is 59.4 Å². The zero-order valence-electron chi connectivity index (χ0n) is 14.6. The Labute approximate surface area is 146 Å². The largest absolute Gasteiger partial charge is 0.466 e. The predicted molar refractivity (Wildman–Crippen MR) is 94.6 cm³/mol. The second kappa shape index (κ2) is 6.37. The van der Waals surface area contributed by atoms with E-state index in [0.717, 1.165) is 49.8 Å². The van der Waals surface area contributed by atoms with Crippen molar-refractivity contribution in [3.63, 3.8) is 0 Å². The summed E-state index contributed by atoms with van der Waals surface area (Å²) in [6.45, 7) is 7.71. The molecule has 0 atom stereocenters. The Morgan fingerprint density at radius 3 is 2.68 bits per heavy atom. The Kier molecular flexibility index (Phi) is 4.05. The maximum atomic E-state index is 12.6. The van der Waals surface area contributed by atoms with Gasteiger partial charge < -0.3 is 13.7 Å². The molecule has 3 aromatic heterocycles. The number of aryl methyl sites for hydroxylation is 2. The van der Waals surface area contributed by atoms with Crippen molar-refractivity contribution < 1.29 is 9.21 Å². The summed E-state index contributed by atoms with van der Waals surface area (Å²) in [5.41, 5.74) is 2.72. The summed E-state index contributed by atoms with van der Waals surface area (Å²) in [4.78, 5) is 21.6. The van der Waals surface area contributed by atoms with Gasteiger partial charge in [0.25, 0.3) is 5.91 Å². The molecule has 6 nitrogen and oxygen atoms in total. The van der Waals surface area contributed by atoms with E-state index in [4.69, 9.17) is 4.42 Å². The molecular weight excluding hydrogens is 316 g/mol. The molecule has 0 aliphatic carbocycles. The third kappa shape index (κ3) is 3.17. The molecule has 1 aliphatic heterocycles. The van der Waals surface area contributed by atoms with E-state index in [9.17, 15) is 4.79 Å². The summed E-state index contributed by atoms with van der Waals surface area (Å²) in [6, 6.07) is 7.84. The van der Waals surface area contributed by atoms with Gasteiger partial charge in [-0.05, 0) is 32.0 Å². The summed E-state index contributed by atoms with van der Waals surface area (Å²) in [5.74, 6) is 1.56. The third-order valence-corrected chi connectivity index (χ3v) is 4.73. The first kappa shape index (κ1) is 15.9. The first-order chi connectivity index (χ1) is 12.1. The van der Waals surface area contributed by atoms with E-state index >= 15 is 0 Å². The van der Waals surface area contributed by atoms with Gasteiger partial charge in [-0.15, -0.1) is 0 Å². The number of carbonyl (C=O) groups excluding carboxylic acids is 1. The number of pyridine rings is 1. The highest BCUT2D eigenvalue weighted by molar-refractivity contribution is 5.95. The topological polar surface area (TPSA) is 54.0 Å². The van der Waals surface area contributed by atoms with Gasteiger partial charge in [0.1, 0.15) is 17.2 Å². The Balaban J connectivity index is 1.38. The van der Waals surface area contributed by atoms with Crippen LogP contribution in [0, 0.1) is 13.8 Å². The van der Waals surface area contributed by atoms with Crippen molar-refractivity contribution in [1.82, 2.24) is 19.2 Å². The molecule has 0 saturated carbocycles. The highest BCUT2D eigenvalue weighted by Crippen LogP contribution is 2.18. The molecule has 1 saturated heterocycles. The maximum absolute atomic E-state index is 12.6. The zero-order chi connectivity index (χ0) is 17.4. The molecule has 0 radical (unpaired) electrons. The highest BCUT2D eigenvalue weighted by Gasteiger charge is 2.25. The molecule has 25 heavy (non-hydrogen) atoms. The quantitative estimate of drug-likeness (QED) is 0.736. The van der Waals surface area contributed by atoms with E-state index in [1.165, 1.54) is 0 Å². The molecule has 4 rings (SSSR count). The lowest BCUT2D eigenvalue weighted by Gasteiger charge is -2.34. The van der Waals surface area contributed by atoms with Gasteiger partial charge in [-0.2, -0.15) is 0 Å². The molecule has 0 N–H and O–H groups in total. The van der Waals surface area contributed by atoms with Gasteiger partial charge in [0, 0.05) is 45.1 Å². The lowest BCUT2D eigenvalue weighted by Crippen LogP contribution is -2.48. The monoisotopic (exact) mass is 338 g/mol. The Morgan fingerprint density at radius 1 is 1.20 bits per heavy atom. The van der Waals surface area contributed by atoms with Gasteiger partial charge in [0.05, 0.1) is 11.3 Å². The summed E-state index contributed by atoms with van der Waals surface area (Å²) in [5, 5.41) is 0. The minimum Gasteiger partial charge on any atom is -0.466 e. The summed E-state index contributed by atoms with van der Waals surface area (Å²) < 4.78 is 7.53. The standard InChI is InChI=1S/C19H22N4O2/c1-14-11-17(15(2)25-14)19(24)22-9-7-21(8-10-22)12-16-13-23-6-4-3-5-18(23)20-16/h3-6,11,13H,7-10,12H2,1-2H3. The van der Waals surface area contributed by atoms with Gasteiger partial charge in [-0.1, -0.05) is 6.07 Å². The molecule has 1 aliphatic rings. The molecule has 130 valence electrons. The second-order valence-corrected chi connectivity index (χ2v) is 6.59. The lowest BCUT2D eigenvalue weighted by molar-refractivity contribution is 0.0625. The van der Waals surface area contributed by atoms with Gasteiger partial charge >= 0.3 is 0 Å². The molecule has 6 heteroatoms. The average molecular weight is 338 g/mol. The minimum atomic E-state index is 0.0710. The van der Waals surface area contributed by atoms with Gasteiger partial charge in [0.2, 0.25) is 0 Å². The normalized spacial score (nSPS) is 15.8. The minimum absolute atomic E-state index is 0.0710. The average Bonchev–Trinajstić information content (AvgIpc) is 3.16. The van der Waals surface area contributed by atoms with Crippen LogP contribution in [0.15, 0.2) is 41.1 Å². The van der Waals surface area contributed by atoms with Crippen molar-refractivity contribution in [2.75, 3.05) is 26.2 Å². The number of rotatable bonds is 3. The first-order valence-electron chi connectivity index (χ1n) is 8.61. The van der Waals surface area contributed by atoms with E-state index in [1.54, 1.807) is 0 Å². The maximum Gasteiger partial charge on any atom is 0.257 e. The van der Waals surface area contributed by atoms with Crippen molar-refractivity contribution >= 4 is 11.6 Å². The first-order valence-corrected chi connectivity index (χ1v) is 8.61. The van der Waals surface area contributed by atoms with Crippen LogP contribution in [0.25, 0.3) is 5.65 Å². The third-order valence-electron chi connectivity index (χ3n) is 4.73. The number of fused-ring (bicyclic) bond motifs is 1. The van der Waals surface area contributed by atoms with Gasteiger partial charge in [-0.3, -0.25) is 9.69 Å². The summed E-state index contributed by atoms with van der Waals surface area (Å²) in [7, 11) is 0. The van der Waals surface area contributed by atoms with Crippen LogP contribution in [0.5, 0.6) is 0 Å². The number of furan rings is 1. The zero-order valence-corrected chi connectivity index (χ0v) is 14.6. The van der Waals surface area contributed by atoms with Crippen LogP contribution in [0.1, 0.15) is 27.6 Å². The molecule has 0 spiro atoms. The number of carbonyl (C=O) groups is 1. The molecule has 0 bridgehead atoms. The number of hydrogen-bond acceptors (Lipinski definition) is 4. The van der Waals surface area contributed by atoms with Crippen molar-refractivity contribution in [2.24, 2.45) is 0 Å². The molecule has 1 amide bonds. The van der Waals surface area contributed by atoms with Crippen LogP contribution < -0.4 is 0 Å². The van der Waals surface area contributed by atoms with E-state index in [-0.39, 0.29) is 5.91 Å². The Bertz CT molecular complexity index is 870. The van der Waals surface area contributed by atoms with Crippen LogP contribution in [0.2, 0.25) is 0 Å². The fourth-order valence-corrected chi connectivity index (χ4v) is 3.42. The second-order valence-electron chi connectivity index (χ2n) is 6.59. The van der Waals surface area contributed by atoms with E-state index in [0.29, 0.717) is 11.3 Å². The number of nitrogens with zero attached hydrogens (tertiary/aromatic N) is 4. The van der Waals surface area contributed by atoms with E-state index in [2.05, 4.69) is 16.1 Å². The molecule has 0 aromatic carbocycles. The van der Waals surface area contributed by atoms with Crippen LogP contribution in [0.3, 0.4) is 0 Å². The molecular formula is C19H22N4O2. The molecule has 4 heterocycles. The molecule has 3 aromatic rings. The van der Waals surface area contributed by atoms with Crippen LogP contribution in [-0.2, 0) is 6.54 Å². The summed E-state index contributed by atoms with van der Waals surface area (Å²) >= 11 is 0. The number of amides is 1. The fraction of sp³-hybridized carbons (Fsp3) is 0.368. The van der Waals surface area contributed by atoms with Crippen molar-refractivity contribution in [1.29, 1.82) is 0 Å². The summed E-state index contributed by atoms with van der Waals surface area (Å²) in [6.07, 6.45) is 4.09. The molecule has 0 unspecified atom stereocenters. The van der Waals surface area contributed by atoms with Gasteiger partial charge in [-0.25, -0.2) is 4.98 Å². The Hall–Kier alpha value is -2.60.